The number of rotatable bonds is 5. The first kappa shape index (κ1) is 15.2. The molecule has 0 bridgehead atoms. The van der Waals surface area contributed by atoms with Gasteiger partial charge in [-0.15, -0.1) is 0 Å². The lowest BCUT2D eigenvalue weighted by atomic mass is 9.89. The van der Waals surface area contributed by atoms with Gasteiger partial charge in [-0.25, -0.2) is 8.78 Å². The average Bonchev–Trinajstić information content (AvgIpc) is 2.92. The molecule has 0 saturated carbocycles. The van der Waals surface area contributed by atoms with Crippen molar-refractivity contribution in [2.75, 3.05) is 0 Å². The molecule has 1 aliphatic carbocycles. The van der Waals surface area contributed by atoms with Crippen LogP contribution in [0.5, 0.6) is 0 Å². The summed E-state index contributed by atoms with van der Waals surface area (Å²) in [5.41, 5.74) is 4.34. The van der Waals surface area contributed by atoms with Crippen LogP contribution in [0.15, 0.2) is 36.4 Å². The van der Waals surface area contributed by atoms with Gasteiger partial charge in [0.05, 0.1) is 0 Å². The molecule has 0 aromatic heterocycles. The van der Waals surface area contributed by atoms with Crippen molar-refractivity contribution in [3.05, 3.63) is 58.9 Å². The Morgan fingerprint density at radius 3 is 2.45 bits per heavy atom. The Labute approximate surface area is 131 Å². The Bertz CT molecular complexity index is 675. The molecule has 0 saturated heterocycles. The molecule has 116 valence electrons. The monoisotopic (exact) mass is 300 g/mol. The Balaban J connectivity index is 1.96. The van der Waals surface area contributed by atoms with Crippen molar-refractivity contribution in [1.82, 2.24) is 0 Å². The van der Waals surface area contributed by atoms with Gasteiger partial charge in [0.25, 0.3) is 0 Å². The highest BCUT2D eigenvalue weighted by Crippen LogP contribution is 2.43. The summed E-state index contributed by atoms with van der Waals surface area (Å²) < 4.78 is 29.0. The molecule has 0 fully saturated rings. The Morgan fingerprint density at radius 2 is 1.73 bits per heavy atom. The predicted octanol–water partition coefficient (Wildman–Crippen LogP) is 6.23. The molecule has 2 aromatic carbocycles. The van der Waals surface area contributed by atoms with Crippen molar-refractivity contribution in [2.24, 2.45) is 5.92 Å². The molecule has 2 aromatic rings. The zero-order valence-electron chi connectivity index (χ0n) is 13.2. The Hall–Kier alpha value is -1.70. The minimum absolute atomic E-state index is 0.00000850. The van der Waals surface area contributed by atoms with Crippen molar-refractivity contribution in [1.29, 1.82) is 0 Å². The molecule has 0 heterocycles. The van der Waals surface area contributed by atoms with Gasteiger partial charge >= 0.3 is 0 Å². The lowest BCUT2D eigenvalue weighted by molar-refractivity contribution is 0.231. The van der Waals surface area contributed by atoms with E-state index in [2.05, 4.69) is 6.92 Å². The van der Waals surface area contributed by atoms with E-state index >= 15 is 0 Å². The Morgan fingerprint density at radius 1 is 1.05 bits per heavy atom. The first-order chi connectivity index (χ1) is 10.6. The first-order valence-corrected chi connectivity index (χ1v) is 8.17. The maximum atomic E-state index is 14.9. The normalized spacial score (nSPS) is 15.3. The van der Waals surface area contributed by atoms with Crippen LogP contribution in [0.4, 0.5) is 8.78 Å². The fourth-order valence-electron chi connectivity index (χ4n) is 3.46. The predicted molar refractivity (Wildman–Crippen MR) is 87.2 cm³/mol. The van der Waals surface area contributed by atoms with Crippen LogP contribution in [0, 0.1) is 11.7 Å². The van der Waals surface area contributed by atoms with E-state index < -0.39 is 6.17 Å². The summed E-state index contributed by atoms with van der Waals surface area (Å²) in [6, 6.07) is 10.9. The molecule has 2 heteroatoms. The number of hydrogen-bond acceptors (Lipinski definition) is 0. The zero-order chi connectivity index (χ0) is 15.7. The molecule has 22 heavy (non-hydrogen) atoms. The van der Waals surface area contributed by atoms with E-state index in [1.165, 1.54) is 6.07 Å². The molecule has 2 atom stereocenters. The van der Waals surface area contributed by atoms with E-state index in [1.54, 1.807) is 6.07 Å². The fraction of sp³-hybridized carbons (Fsp3) is 0.400. The van der Waals surface area contributed by atoms with E-state index in [-0.39, 0.29) is 11.7 Å². The Kier molecular flexibility index (Phi) is 4.28. The standard InChI is InChI=1S/C20H22F2/c1-3-4-7-13(2)20(22)16-10-5-8-14-15-9-6-11-19(21)18(15)12-17(14)16/h5-6,8-11,13,20H,3-4,7,12H2,1-2H3. The maximum absolute atomic E-state index is 14.9. The zero-order valence-corrected chi connectivity index (χ0v) is 13.2. The summed E-state index contributed by atoms with van der Waals surface area (Å²) in [7, 11) is 0. The van der Waals surface area contributed by atoms with E-state index in [0.29, 0.717) is 12.0 Å². The molecule has 0 spiro atoms. The topological polar surface area (TPSA) is 0 Å². The lowest BCUT2D eigenvalue weighted by Gasteiger charge is -2.19. The number of alkyl halides is 1. The highest BCUT2D eigenvalue weighted by molar-refractivity contribution is 5.78. The number of hydrogen-bond donors (Lipinski definition) is 0. The van der Waals surface area contributed by atoms with Crippen molar-refractivity contribution < 1.29 is 8.78 Å². The number of benzene rings is 2. The van der Waals surface area contributed by atoms with Crippen LogP contribution in [0.2, 0.25) is 0 Å². The molecule has 0 aliphatic heterocycles. The van der Waals surface area contributed by atoms with E-state index in [9.17, 15) is 8.78 Å². The van der Waals surface area contributed by atoms with Crippen molar-refractivity contribution >= 4 is 0 Å². The average molecular weight is 300 g/mol. The molecule has 0 radical (unpaired) electrons. The third-order valence-corrected chi connectivity index (χ3v) is 4.78. The number of halogens is 2. The van der Waals surface area contributed by atoms with Crippen LogP contribution < -0.4 is 0 Å². The molecule has 0 N–H and O–H groups in total. The van der Waals surface area contributed by atoms with Gasteiger partial charge in [0.15, 0.2) is 0 Å². The van der Waals surface area contributed by atoms with Crippen LogP contribution in [0.3, 0.4) is 0 Å². The van der Waals surface area contributed by atoms with Crippen LogP contribution in [-0.4, -0.2) is 0 Å². The molecule has 1 aliphatic rings. The molecule has 0 amide bonds. The minimum Gasteiger partial charge on any atom is -0.242 e. The van der Waals surface area contributed by atoms with Crippen LogP contribution in [0.1, 0.15) is 56.0 Å². The minimum atomic E-state index is -0.973. The molecule has 3 rings (SSSR count). The van der Waals surface area contributed by atoms with Crippen LogP contribution in [-0.2, 0) is 6.42 Å². The largest absolute Gasteiger partial charge is 0.242 e. The van der Waals surface area contributed by atoms with Gasteiger partial charge < -0.3 is 0 Å². The summed E-state index contributed by atoms with van der Waals surface area (Å²) >= 11 is 0. The van der Waals surface area contributed by atoms with E-state index in [0.717, 1.165) is 41.5 Å². The van der Waals surface area contributed by atoms with Gasteiger partial charge in [-0.05, 0) is 40.7 Å². The van der Waals surface area contributed by atoms with Gasteiger partial charge in [-0.3, -0.25) is 0 Å². The number of unbranched alkanes of at least 4 members (excludes halogenated alkanes) is 1. The van der Waals surface area contributed by atoms with Gasteiger partial charge in [0.2, 0.25) is 0 Å². The van der Waals surface area contributed by atoms with Gasteiger partial charge in [0, 0.05) is 12.0 Å². The SMILES string of the molecule is CCCCC(C)C(F)c1cccc2c1Cc1c(F)cccc1-2. The second-order valence-corrected chi connectivity index (χ2v) is 6.34. The summed E-state index contributed by atoms with van der Waals surface area (Å²) in [5.74, 6) is -0.186. The van der Waals surface area contributed by atoms with Crippen LogP contribution >= 0.6 is 0 Å². The van der Waals surface area contributed by atoms with E-state index in [1.807, 2.05) is 31.2 Å². The smallest absolute Gasteiger partial charge is 0.128 e. The first-order valence-electron chi connectivity index (χ1n) is 8.17. The van der Waals surface area contributed by atoms with E-state index in [4.69, 9.17) is 0 Å². The highest BCUT2D eigenvalue weighted by Gasteiger charge is 2.28. The van der Waals surface area contributed by atoms with Gasteiger partial charge in [-0.2, -0.15) is 0 Å². The second-order valence-electron chi connectivity index (χ2n) is 6.34. The van der Waals surface area contributed by atoms with Crippen molar-refractivity contribution in [3.8, 4) is 11.1 Å². The molecular formula is C20H22F2. The summed E-state index contributed by atoms with van der Waals surface area (Å²) in [6.07, 6.45) is 2.56. The molecule has 2 unspecified atom stereocenters. The molecular weight excluding hydrogens is 278 g/mol. The third kappa shape index (κ3) is 2.55. The fourth-order valence-corrected chi connectivity index (χ4v) is 3.46. The summed E-state index contributed by atoms with van der Waals surface area (Å²) in [5, 5.41) is 0. The van der Waals surface area contributed by atoms with Gasteiger partial charge in [-0.1, -0.05) is 57.0 Å². The highest BCUT2D eigenvalue weighted by atomic mass is 19.1. The molecule has 0 nitrogen and oxygen atoms in total. The quantitative estimate of drug-likeness (QED) is 0.523. The lowest BCUT2D eigenvalue weighted by Crippen LogP contribution is -2.07. The third-order valence-electron chi connectivity index (χ3n) is 4.78. The van der Waals surface area contributed by atoms with Crippen molar-refractivity contribution in [2.45, 2.75) is 45.7 Å². The number of fused-ring (bicyclic) bond motifs is 3. The maximum Gasteiger partial charge on any atom is 0.128 e. The van der Waals surface area contributed by atoms with Crippen LogP contribution in [0.25, 0.3) is 11.1 Å². The summed E-state index contributed by atoms with van der Waals surface area (Å²) in [4.78, 5) is 0. The van der Waals surface area contributed by atoms with Gasteiger partial charge in [0.1, 0.15) is 12.0 Å². The summed E-state index contributed by atoms with van der Waals surface area (Å²) in [6.45, 7) is 4.10. The van der Waals surface area contributed by atoms with Crippen molar-refractivity contribution in [3.63, 3.8) is 0 Å². The second kappa shape index (κ2) is 6.20.